The van der Waals surface area contributed by atoms with Crippen molar-refractivity contribution in [2.45, 2.75) is 5.75 Å². The maximum atomic E-state index is 5.89. The van der Waals surface area contributed by atoms with Gasteiger partial charge in [-0.05, 0) is 24.3 Å². The standard InChI is InChI=1S/C14H15N3OS.2ClH/c1-18-13-7-4-6-11(9-13)17-14(15)19-10-12-5-2-3-8-16-12;;/h2-9H,10H2,1H3,(H2,15,17);2*1H. The van der Waals surface area contributed by atoms with Gasteiger partial charge in [0.1, 0.15) is 5.75 Å². The number of rotatable bonds is 4. The normalized spacial score (nSPS) is 10.2. The highest BCUT2D eigenvalue weighted by Crippen LogP contribution is 2.21. The van der Waals surface area contributed by atoms with Crippen molar-refractivity contribution in [2.24, 2.45) is 10.7 Å². The van der Waals surface area contributed by atoms with Gasteiger partial charge in [-0.3, -0.25) is 4.98 Å². The Labute approximate surface area is 141 Å². The van der Waals surface area contributed by atoms with Crippen LogP contribution in [0.5, 0.6) is 5.75 Å². The Morgan fingerprint density at radius 3 is 2.71 bits per heavy atom. The molecule has 7 heteroatoms. The zero-order valence-corrected chi connectivity index (χ0v) is 13.9. The van der Waals surface area contributed by atoms with Gasteiger partial charge in [0.25, 0.3) is 0 Å². The second-order valence-electron chi connectivity index (χ2n) is 3.76. The molecule has 0 saturated heterocycles. The van der Waals surface area contributed by atoms with E-state index >= 15 is 0 Å². The van der Waals surface area contributed by atoms with Gasteiger partial charge in [0.15, 0.2) is 5.17 Å². The molecule has 0 aliphatic carbocycles. The second kappa shape index (κ2) is 10.3. The highest BCUT2D eigenvalue weighted by molar-refractivity contribution is 8.13. The summed E-state index contributed by atoms with van der Waals surface area (Å²) in [6.45, 7) is 0. The number of ether oxygens (including phenoxy) is 1. The minimum absolute atomic E-state index is 0. The Balaban J connectivity index is 0.00000200. The number of hydrogen-bond acceptors (Lipinski definition) is 4. The molecule has 4 nitrogen and oxygen atoms in total. The molecule has 0 amide bonds. The first-order chi connectivity index (χ1) is 9.28. The van der Waals surface area contributed by atoms with Gasteiger partial charge in [-0.15, -0.1) is 24.8 Å². The molecule has 0 fully saturated rings. The molecule has 0 spiro atoms. The van der Waals surface area contributed by atoms with Crippen molar-refractivity contribution in [3.8, 4) is 5.75 Å². The van der Waals surface area contributed by atoms with Gasteiger partial charge in [-0.25, -0.2) is 4.99 Å². The molecule has 0 aliphatic heterocycles. The molecule has 0 aliphatic rings. The summed E-state index contributed by atoms with van der Waals surface area (Å²) < 4.78 is 5.14. The number of aromatic nitrogens is 1. The molecule has 114 valence electrons. The largest absolute Gasteiger partial charge is 0.497 e. The average molecular weight is 346 g/mol. The first-order valence-electron chi connectivity index (χ1n) is 5.79. The molecule has 2 rings (SSSR count). The van der Waals surface area contributed by atoms with Crippen molar-refractivity contribution in [3.05, 3.63) is 54.4 Å². The van der Waals surface area contributed by atoms with Gasteiger partial charge in [-0.1, -0.05) is 23.9 Å². The third-order valence-electron chi connectivity index (χ3n) is 2.39. The first-order valence-corrected chi connectivity index (χ1v) is 6.77. The molecular weight excluding hydrogens is 329 g/mol. The van der Waals surface area contributed by atoms with E-state index in [9.17, 15) is 0 Å². The van der Waals surface area contributed by atoms with Crippen molar-refractivity contribution >= 4 is 47.4 Å². The van der Waals surface area contributed by atoms with Crippen LogP contribution >= 0.6 is 36.6 Å². The smallest absolute Gasteiger partial charge is 0.159 e. The van der Waals surface area contributed by atoms with E-state index in [0.717, 1.165) is 17.1 Å². The van der Waals surface area contributed by atoms with Crippen molar-refractivity contribution < 1.29 is 4.74 Å². The summed E-state index contributed by atoms with van der Waals surface area (Å²) in [6, 6.07) is 13.3. The second-order valence-corrected chi connectivity index (χ2v) is 4.76. The average Bonchev–Trinajstić information content (AvgIpc) is 2.46. The zero-order chi connectivity index (χ0) is 13.5. The summed E-state index contributed by atoms with van der Waals surface area (Å²) in [5, 5.41) is 0.513. The zero-order valence-electron chi connectivity index (χ0n) is 11.4. The van der Waals surface area contributed by atoms with Crippen LogP contribution in [0.25, 0.3) is 0 Å². The summed E-state index contributed by atoms with van der Waals surface area (Å²) in [7, 11) is 1.63. The Kier molecular flexibility index (Phi) is 9.62. The number of hydrogen-bond donors (Lipinski definition) is 1. The summed E-state index contributed by atoms with van der Waals surface area (Å²) in [6.07, 6.45) is 1.77. The van der Waals surface area contributed by atoms with Gasteiger partial charge < -0.3 is 10.5 Å². The van der Waals surface area contributed by atoms with Gasteiger partial charge in [0.2, 0.25) is 0 Å². The fourth-order valence-corrected chi connectivity index (χ4v) is 2.11. The predicted molar refractivity (Wildman–Crippen MR) is 94.3 cm³/mol. The van der Waals surface area contributed by atoms with Crippen LogP contribution in [0.15, 0.2) is 53.7 Å². The van der Waals surface area contributed by atoms with Crippen LogP contribution in [0, 0.1) is 0 Å². The van der Waals surface area contributed by atoms with E-state index in [1.165, 1.54) is 11.8 Å². The Morgan fingerprint density at radius 1 is 1.24 bits per heavy atom. The molecule has 1 aromatic carbocycles. The number of aliphatic imine (C=N–C) groups is 1. The molecule has 2 N–H and O–H groups in total. The van der Waals surface area contributed by atoms with E-state index in [-0.39, 0.29) is 24.8 Å². The van der Waals surface area contributed by atoms with Gasteiger partial charge >= 0.3 is 0 Å². The lowest BCUT2D eigenvalue weighted by molar-refractivity contribution is 0.415. The monoisotopic (exact) mass is 345 g/mol. The Bertz CT molecular complexity index is 567. The molecule has 0 atom stereocenters. The number of thioether (sulfide) groups is 1. The van der Waals surface area contributed by atoms with Crippen molar-refractivity contribution in [3.63, 3.8) is 0 Å². The lowest BCUT2D eigenvalue weighted by atomic mass is 10.3. The molecule has 2 aromatic rings. The number of nitrogens with zero attached hydrogens (tertiary/aromatic N) is 2. The highest BCUT2D eigenvalue weighted by Gasteiger charge is 1.99. The maximum Gasteiger partial charge on any atom is 0.159 e. The van der Waals surface area contributed by atoms with E-state index in [4.69, 9.17) is 10.5 Å². The minimum Gasteiger partial charge on any atom is -0.497 e. The van der Waals surface area contributed by atoms with Crippen molar-refractivity contribution in [1.29, 1.82) is 0 Å². The third kappa shape index (κ3) is 6.71. The number of nitrogens with two attached hydrogens (primary N) is 1. The van der Waals surface area contributed by atoms with Crippen LogP contribution in [0.2, 0.25) is 0 Å². The fraction of sp³-hybridized carbons (Fsp3) is 0.143. The van der Waals surface area contributed by atoms with Crippen LogP contribution in [0.3, 0.4) is 0 Å². The van der Waals surface area contributed by atoms with Crippen LogP contribution in [-0.2, 0) is 5.75 Å². The molecule has 1 aromatic heterocycles. The van der Waals surface area contributed by atoms with Crippen LogP contribution in [0.4, 0.5) is 5.69 Å². The molecule has 0 bridgehead atoms. The quantitative estimate of drug-likeness (QED) is 0.675. The number of methoxy groups -OCH3 is 1. The van der Waals surface area contributed by atoms with Gasteiger partial charge in [0, 0.05) is 18.0 Å². The summed E-state index contributed by atoms with van der Waals surface area (Å²) >= 11 is 1.46. The predicted octanol–water partition coefficient (Wildman–Crippen LogP) is 3.81. The molecule has 0 radical (unpaired) electrons. The molecule has 0 saturated carbocycles. The SMILES string of the molecule is COc1cccc(N=C(N)SCc2ccccn2)c1.Cl.Cl. The maximum absolute atomic E-state index is 5.89. The van der Waals surface area contributed by atoms with Crippen LogP contribution < -0.4 is 10.5 Å². The Morgan fingerprint density at radius 2 is 2.05 bits per heavy atom. The topological polar surface area (TPSA) is 60.5 Å². The fourth-order valence-electron chi connectivity index (χ4n) is 1.47. The van der Waals surface area contributed by atoms with Gasteiger partial charge in [-0.2, -0.15) is 0 Å². The molecule has 0 unspecified atom stereocenters. The van der Waals surface area contributed by atoms with E-state index < -0.39 is 0 Å². The van der Waals surface area contributed by atoms with E-state index in [1.54, 1.807) is 13.3 Å². The number of pyridine rings is 1. The summed E-state index contributed by atoms with van der Waals surface area (Å²) in [5.41, 5.74) is 7.65. The number of amidine groups is 1. The first kappa shape index (κ1) is 19.6. The highest BCUT2D eigenvalue weighted by atomic mass is 35.5. The summed E-state index contributed by atoms with van der Waals surface area (Å²) in [4.78, 5) is 8.57. The molecule has 1 heterocycles. The minimum atomic E-state index is 0. The number of halogens is 2. The molecule has 21 heavy (non-hydrogen) atoms. The van der Waals surface area contributed by atoms with Crippen molar-refractivity contribution in [2.75, 3.05) is 7.11 Å². The third-order valence-corrected chi connectivity index (χ3v) is 3.21. The summed E-state index contributed by atoms with van der Waals surface area (Å²) in [5.74, 6) is 1.48. The van der Waals surface area contributed by atoms with E-state index in [1.807, 2.05) is 42.5 Å². The lowest BCUT2D eigenvalue weighted by Gasteiger charge is -2.02. The Hall–Kier alpha value is -1.43. The van der Waals surface area contributed by atoms with E-state index in [0.29, 0.717) is 10.9 Å². The lowest BCUT2D eigenvalue weighted by Crippen LogP contribution is -2.06. The van der Waals surface area contributed by atoms with Crippen LogP contribution in [-0.4, -0.2) is 17.3 Å². The molecular formula is C14H17Cl2N3OS. The van der Waals surface area contributed by atoms with E-state index in [2.05, 4.69) is 9.98 Å². The van der Waals surface area contributed by atoms with Crippen molar-refractivity contribution in [1.82, 2.24) is 4.98 Å². The van der Waals surface area contributed by atoms with Crippen LogP contribution in [0.1, 0.15) is 5.69 Å². The van der Waals surface area contributed by atoms with Gasteiger partial charge in [0.05, 0.1) is 18.5 Å². The number of benzene rings is 1.